The van der Waals surface area contributed by atoms with E-state index in [0.717, 1.165) is 0 Å². The molecule has 0 fully saturated rings. The van der Waals surface area contributed by atoms with E-state index in [4.69, 9.17) is 0 Å². The zero-order chi connectivity index (χ0) is 26.2. The van der Waals surface area contributed by atoms with Crippen molar-refractivity contribution < 1.29 is 0 Å². The van der Waals surface area contributed by atoms with E-state index in [1.807, 2.05) is 0 Å². The molecule has 0 aromatic heterocycles. The Morgan fingerprint density at radius 1 is 0.225 bits per heavy atom. The standard InChI is InChI=1S/C40H24/c1-2-7-37-26(4-1)10-11-27-12-17-32(24-38(27)37)30-15-8-25-9-16-31(21-35(25)20-30)36-22-33-18-13-28-5-3-6-29-14-19-34(23-36)40(33)39(28)29/h1-24H. The number of hydrogen-bond acceptors (Lipinski definition) is 0. The van der Waals surface area contributed by atoms with Crippen molar-refractivity contribution in [2.75, 3.05) is 0 Å². The molecule has 0 saturated heterocycles. The van der Waals surface area contributed by atoms with Crippen molar-refractivity contribution in [3.63, 3.8) is 0 Å². The van der Waals surface area contributed by atoms with Gasteiger partial charge in [-0.05, 0) is 117 Å². The van der Waals surface area contributed by atoms with Crippen LogP contribution >= 0.6 is 0 Å². The third kappa shape index (κ3) is 3.20. The minimum Gasteiger partial charge on any atom is -0.0616 e. The fraction of sp³-hybridized carbons (Fsp3) is 0. The lowest BCUT2D eigenvalue weighted by Crippen LogP contribution is -1.86. The van der Waals surface area contributed by atoms with Gasteiger partial charge in [0, 0.05) is 0 Å². The van der Waals surface area contributed by atoms with Gasteiger partial charge < -0.3 is 0 Å². The van der Waals surface area contributed by atoms with E-state index >= 15 is 0 Å². The van der Waals surface area contributed by atoms with Gasteiger partial charge in [0.15, 0.2) is 0 Å². The Kier molecular flexibility index (Phi) is 4.42. The number of benzene rings is 9. The Morgan fingerprint density at radius 3 is 1.40 bits per heavy atom. The normalized spacial score (nSPS) is 12.0. The van der Waals surface area contributed by atoms with Gasteiger partial charge in [-0.25, -0.2) is 0 Å². The Bertz CT molecular complexity index is 2360. The minimum atomic E-state index is 1.25. The van der Waals surface area contributed by atoms with Crippen molar-refractivity contribution in [3.8, 4) is 22.3 Å². The van der Waals surface area contributed by atoms with Gasteiger partial charge in [-0.2, -0.15) is 0 Å². The van der Waals surface area contributed by atoms with Crippen LogP contribution in [0.25, 0.3) is 86.9 Å². The molecular formula is C40H24. The van der Waals surface area contributed by atoms with Crippen molar-refractivity contribution in [2.45, 2.75) is 0 Å². The molecule has 184 valence electrons. The molecule has 9 aromatic carbocycles. The van der Waals surface area contributed by atoms with Crippen LogP contribution in [0.1, 0.15) is 0 Å². The molecule has 0 bridgehead atoms. The summed E-state index contributed by atoms with van der Waals surface area (Å²) in [6, 6.07) is 54.0. The molecule has 0 spiro atoms. The second kappa shape index (κ2) is 8.15. The van der Waals surface area contributed by atoms with Gasteiger partial charge >= 0.3 is 0 Å². The van der Waals surface area contributed by atoms with Crippen molar-refractivity contribution in [3.05, 3.63) is 146 Å². The first kappa shape index (κ1) is 21.7. The maximum atomic E-state index is 2.35. The molecule has 0 heterocycles. The molecular weight excluding hydrogens is 480 g/mol. The van der Waals surface area contributed by atoms with Gasteiger partial charge in [0.2, 0.25) is 0 Å². The Balaban J connectivity index is 1.19. The average Bonchev–Trinajstić information content (AvgIpc) is 3.02. The SMILES string of the molecule is c1ccc2c(c1)ccc1ccc(-c3ccc4ccc(-c5cc6ccc7cccc8ccc(c5)c6c78)cc4c3)cc12. The first-order valence-corrected chi connectivity index (χ1v) is 13.9. The predicted molar refractivity (Wildman–Crippen MR) is 174 cm³/mol. The van der Waals surface area contributed by atoms with E-state index in [1.54, 1.807) is 0 Å². The molecule has 9 rings (SSSR count). The average molecular weight is 505 g/mol. The minimum absolute atomic E-state index is 1.25. The van der Waals surface area contributed by atoms with Gasteiger partial charge in [-0.3, -0.25) is 0 Å². The highest BCUT2D eigenvalue weighted by molar-refractivity contribution is 6.23. The van der Waals surface area contributed by atoms with Gasteiger partial charge in [-0.15, -0.1) is 0 Å². The smallest absolute Gasteiger partial charge is 0.00264 e. The number of rotatable bonds is 2. The molecule has 0 aliphatic heterocycles. The molecule has 0 amide bonds. The van der Waals surface area contributed by atoms with Crippen LogP contribution in [-0.4, -0.2) is 0 Å². The van der Waals surface area contributed by atoms with Crippen LogP contribution in [0.5, 0.6) is 0 Å². The van der Waals surface area contributed by atoms with E-state index in [1.165, 1.54) is 86.9 Å². The number of fused-ring (bicyclic) bond motifs is 4. The lowest BCUT2D eigenvalue weighted by atomic mass is 9.90. The summed E-state index contributed by atoms with van der Waals surface area (Å²) in [4.78, 5) is 0. The summed E-state index contributed by atoms with van der Waals surface area (Å²) in [7, 11) is 0. The molecule has 0 nitrogen and oxygen atoms in total. The van der Waals surface area contributed by atoms with Crippen molar-refractivity contribution in [1.29, 1.82) is 0 Å². The molecule has 40 heavy (non-hydrogen) atoms. The lowest BCUT2D eigenvalue weighted by molar-refractivity contribution is 1.66. The van der Waals surface area contributed by atoms with E-state index in [0.29, 0.717) is 0 Å². The molecule has 0 unspecified atom stereocenters. The fourth-order valence-electron chi connectivity index (χ4n) is 6.71. The molecule has 0 radical (unpaired) electrons. The largest absolute Gasteiger partial charge is 0.0616 e. The predicted octanol–water partition coefficient (Wildman–Crippen LogP) is 11.4. The van der Waals surface area contributed by atoms with Crippen molar-refractivity contribution in [2.24, 2.45) is 0 Å². The highest BCUT2D eigenvalue weighted by Crippen LogP contribution is 2.38. The van der Waals surface area contributed by atoms with Crippen molar-refractivity contribution >= 4 is 64.6 Å². The first-order chi connectivity index (χ1) is 19.8. The van der Waals surface area contributed by atoms with Crippen LogP contribution < -0.4 is 0 Å². The monoisotopic (exact) mass is 504 g/mol. The fourth-order valence-corrected chi connectivity index (χ4v) is 6.71. The molecule has 9 aromatic rings. The maximum Gasteiger partial charge on any atom is -0.00264 e. The summed E-state index contributed by atoms with van der Waals surface area (Å²) in [6.07, 6.45) is 0. The Labute approximate surface area is 232 Å². The van der Waals surface area contributed by atoms with Crippen LogP contribution in [0.4, 0.5) is 0 Å². The Hall–Kier alpha value is -5.20. The summed E-state index contributed by atoms with van der Waals surface area (Å²) in [5.41, 5.74) is 5.00. The van der Waals surface area contributed by atoms with E-state index < -0.39 is 0 Å². The van der Waals surface area contributed by atoms with Crippen LogP contribution in [0.3, 0.4) is 0 Å². The molecule has 0 atom stereocenters. The van der Waals surface area contributed by atoms with Crippen LogP contribution in [0.2, 0.25) is 0 Å². The van der Waals surface area contributed by atoms with Gasteiger partial charge in [0.05, 0.1) is 0 Å². The number of hydrogen-bond donors (Lipinski definition) is 0. The zero-order valence-electron chi connectivity index (χ0n) is 21.9. The molecule has 0 N–H and O–H groups in total. The van der Waals surface area contributed by atoms with Crippen LogP contribution in [0.15, 0.2) is 146 Å². The second-order valence-electron chi connectivity index (χ2n) is 11.0. The summed E-state index contributed by atoms with van der Waals surface area (Å²) in [6.45, 7) is 0. The lowest BCUT2D eigenvalue weighted by Gasteiger charge is -2.13. The third-order valence-electron chi connectivity index (χ3n) is 8.72. The van der Waals surface area contributed by atoms with E-state index in [9.17, 15) is 0 Å². The highest BCUT2D eigenvalue weighted by Gasteiger charge is 2.11. The molecule has 0 aliphatic rings. The third-order valence-corrected chi connectivity index (χ3v) is 8.72. The molecule has 0 aliphatic carbocycles. The van der Waals surface area contributed by atoms with Gasteiger partial charge in [0.1, 0.15) is 0 Å². The second-order valence-corrected chi connectivity index (χ2v) is 11.0. The zero-order valence-corrected chi connectivity index (χ0v) is 21.9. The first-order valence-electron chi connectivity index (χ1n) is 13.9. The summed E-state index contributed by atoms with van der Waals surface area (Å²) in [5.74, 6) is 0. The van der Waals surface area contributed by atoms with E-state index in [-0.39, 0.29) is 0 Å². The quantitative estimate of drug-likeness (QED) is 0.205. The summed E-state index contributed by atoms with van der Waals surface area (Å²) >= 11 is 0. The van der Waals surface area contributed by atoms with E-state index in [2.05, 4.69) is 146 Å². The summed E-state index contributed by atoms with van der Waals surface area (Å²) < 4.78 is 0. The Morgan fingerprint density at radius 2 is 0.675 bits per heavy atom. The maximum absolute atomic E-state index is 2.35. The van der Waals surface area contributed by atoms with Crippen molar-refractivity contribution in [1.82, 2.24) is 0 Å². The van der Waals surface area contributed by atoms with Gasteiger partial charge in [0.25, 0.3) is 0 Å². The summed E-state index contributed by atoms with van der Waals surface area (Å²) in [5, 5.41) is 15.6. The van der Waals surface area contributed by atoms with Gasteiger partial charge in [-0.1, -0.05) is 115 Å². The van der Waals surface area contributed by atoms with Crippen LogP contribution in [-0.2, 0) is 0 Å². The topological polar surface area (TPSA) is 0 Å². The highest BCUT2D eigenvalue weighted by atomic mass is 14.1. The van der Waals surface area contributed by atoms with Crippen LogP contribution in [0, 0.1) is 0 Å². The molecule has 0 heteroatoms. The molecule has 0 saturated carbocycles.